The second-order valence-electron chi connectivity index (χ2n) is 5.47. The number of nitrogens with zero attached hydrogens (tertiary/aromatic N) is 1. The van der Waals surface area contributed by atoms with Gasteiger partial charge in [-0.05, 0) is 37.5 Å². The van der Waals surface area contributed by atoms with Gasteiger partial charge in [-0.2, -0.15) is 4.31 Å². The minimum atomic E-state index is -3.48. The molecule has 0 atom stereocenters. The van der Waals surface area contributed by atoms with E-state index >= 15 is 0 Å². The van der Waals surface area contributed by atoms with Crippen LogP contribution in [0.5, 0.6) is 0 Å². The molecule has 2 aromatic rings. The van der Waals surface area contributed by atoms with Crippen LogP contribution in [0.25, 0.3) is 0 Å². The first-order valence-electron chi connectivity index (χ1n) is 6.90. The van der Waals surface area contributed by atoms with Gasteiger partial charge in [-0.25, -0.2) is 8.42 Å². The second-order valence-corrected chi connectivity index (χ2v) is 7.46. The summed E-state index contributed by atoms with van der Waals surface area (Å²) >= 11 is 0. The molecular formula is C17H21NO2S. The highest BCUT2D eigenvalue weighted by atomic mass is 32.2. The van der Waals surface area contributed by atoms with Crippen molar-refractivity contribution in [2.45, 2.75) is 32.2 Å². The first-order valence-corrected chi connectivity index (χ1v) is 8.34. The maximum Gasteiger partial charge on any atom is 0.243 e. The van der Waals surface area contributed by atoms with Crippen molar-refractivity contribution in [2.75, 3.05) is 7.05 Å². The predicted octanol–water partition coefficient (Wildman–Crippen LogP) is 3.43. The first-order chi connectivity index (χ1) is 9.82. The molecule has 0 heterocycles. The Labute approximate surface area is 127 Å². The van der Waals surface area contributed by atoms with E-state index in [0.29, 0.717) is 11.4 Å². The molecule has 21 heavy (non-hydrogen) atoms. The molecule has 2 aromatic carbocycles. The molecule has 0 amide bonds. The Morgan fingerprint density at radius 1 is 0.952 bits per heavy atom. The summed E-state index contributed by atoms with van der Waals surface area (Å²) in [5.41, 5.74) is 3.65. The molecule has 4 heteroatoms. The minimum absolute atomic E-state index is 0.371. The van der Waals surface area contributed by atoms with Gasteiger partial charge < -0.3 is 0 Å². The van der Waals surface area contributed by atoms with Crippen LogP contribution < -0.4 is 0 Å². The van der Waals surface area contributed by atoms with E-state index in [4.69, 9.17) is 0 Å². The molecule has 0 aromatic heterocycles. The molecule has 2 rings (SSSR count). The fourth-order valence-electron chi connectivity index (χ4n) is 2.66. The third kappa shape index (κ3) is 3.34. The summed E-state index contributed by atoms with van der Waals surface area (Å²) in [5, 5.41) is 0. The Kier molecular flexibility index (Phi) is 4.49. The normalized spacial score (nSPS) is 11.9. The largest absolute Gasteiger partial charge is 0.243 e. The zero-order valence-corrected chi connectivity index (χ0v) is 13.7. The molecule has 0 unspecified atom stereocenters. The van der Waals surface area contributed by atoms with E-state index in [1.807, 2.05) is 63.2 Å². The molecule has 0 saturated heterocycles. The quantitative estimate of drug-likeness (QED) is 0.867. The molecular weight excluding hydrogens is 282 g/mol. The Bertz CT molecular complexity index is 714. The third-order valence-corrected chi connectivity index (χ3v) is 5.63. The van der Waals surface area contributed by atoms with E-state index in [1.165, 1.54) is 4.31 Å². The van der Waals surface area contributed by atoms with Gasteiger partial charge in [-0.1, -0.05) is 48.0 Å². The van der Waals surface area contributed by atoms with Crippen molar-refractivity contribution in [3.05, 3.63) is 64.7 Å². The molecule has 0 radical (unpaired) electrons. The van der Waals surface area contributed by atoms with Gasteiger partial charge in [-0.3, -0.25) is 0 Å². The molecule has 0 aliphatic carbocycles. The smallest absolute Gasteiger partial charge is 0.207 e. The van der Waals surface area contributed by atoms with Gasteiger partial charge in [0.25, 0.3) is 0 Å². The van der Waals surface area contributed by atoms with Crippen molar-refractivity contribution >= 4 is 10.0 Å². The highest BCUT2D eigenvalue weighted by Crippen LogP contribution is 2.25. The van der Waals surface area contributed by atoms with Crippen molar-refractivity contribution in [1.29, 1.82) is 0 Å². The predicted molar refractivity (Wildman–Crippen MR) is 85.7 cm³/mol. The highest BCUT2D eigenvalue weighted by molar-refractivity contribution is 7.89. The topological polar surface area (TPSA) is 37.4 Å². The van der Waals surface area contributed by atoms with E-state index in [0.717, 1.165) is 22.3 Å². The Morgan fingerprint density at radius 2 is 1.48 bits per heavy atom. The summed E-state index contributed by atoms with van der Waals surface area (Å²) in [4.78, 5) is 0.423. The second kappa shape index (κ2) is 6.00. The molecule has 112 valence electrons. The summed E-state index contributed by atoms with van der Waals surface area (Å²) in [5.74, 6) is 0. The Morgan fingerprint density at radius 3 is 2.00 bits per heavy atom. The van der Waals surface area contributed by atoms with E-state index in [2.05, 4.69) is 0 Å². The maximum absolute atomic E-state index is 12.8. The summed E-state index contributed by atoms with van der Waals surface area (Å²) in [6, 6.07) is 13.4. The van der Waals surface area contributed by atoms with Crippen molar-refractivity contribution in [3.63, 3.8) is 0 Å². The summed E-state index contributed by atoms with van der Waals surface area (Å²) in [6.07, 6.45) is 0. The number of hydrogen-bond acceptors (Lipinski definition) is 2. The lowest BCUT2D eigenvalue weighted by atomic mass is 10.1. The van der Waals surface area contributed by atoms with Crippen LogP contribution in [0.1, 0.15) is 22.3 Å². The monoisotopic (exact) mass is 303 g/mol. The van der Waals surface area contributed by atoms with Gasteiger partial charge >= 0.3 is 0 Å². The number of sulfonamides is 1. The molecule has 0 aliphatic rings. The van der Waals surface area contributed by atoms with Crippen molar-refractivity contribution in [2.24, 2.45) is 0 Å². The highest BCUT2D eigenvalue weighted by Gasteiger charge is 2.24. The SMILES string of the molecule is Cc1cc(C)c(S(=O)(=O)N(C)Cc2ccccc2)c(C)c1. The standard InChI is InChI=1S/C17H21NO2S/c1-13-10-14(2)17(15(3)11-13)21(19,20)18(4)12-16-8-6-5-7-9-16/h5-11H,12H2,1-4H3. The lowest BCUT2D eigenvalue weighted by Crippen LogP contribution is -2.27. The lowest BCUT2D eigenvalue weighted by molar-refractivity contribution is 0.466. The van der Waals surface area contributed by atoms with Crippen LogP contribution in [0.3, 0.4) is 0 Å². The van der Waals surface area contributed by atoms with Crippen LogP contribution >= 0.6 is 0 Å². The van der Waals surface area contributed by atoms with Gasteiger partial charge in [0.2, 0.25) is 10.0 Å². The van der Waals surface area contributed by atoms with Crippen molar-refractivity contribution < 1.29 is 8.42 Å². The number of rotatable bonds is 4. The van der Waals surface area contributed by atoms with E-state index < -0.39 is 10.0 Å². The molecule has 0 N–H and O–H groups in total. The minimum Gasteiger partial charge on any atom is -0.207 e. The average Bonchev–Trinajstić information content (AvgIpc) is 2.38. The van der Waals surface area contributed by atoms with Crippen LogP contribution in [0.15, 0.2) is 47.4 Å². The summed E-state index contributed by atoms with van der Waals surface area (Å²) < 4.78 is 27.0. The van der Waals surface area contributed by atoms with Gasteiger partial charge in [0, 0.05) is 13.6 Å². The number of benzene rings is 2. The van der Waals surface area contributed by atoms with E-state index in [-0.39, 0.29) is 0 Å². The summed E-state index contributed by atoms with van der Waals surface area (Å²) in [6.45, 7) is 6.05. The molecule has 0 aliphatic heterocycles. The molecule has 0 spiro atoms. The lowest BCUT2D eigenvalue weighted by Gasteiger charge is -2.20. The Hall–Kier alpha value is -1.65. The zero-order chi connectivity index (χ0) is 15.6. The average molecular weight is 303 g/mol. The van der Waals surface area contributed by atoms with Crippen LogP contribution in [-0.4, -0.2) is 19.8 Å². The fraction of sp³-hybridized carbons (Fsp3) is 0.294. The Balaban J connectivity index is 2.38. The van der Waals surface area contributed by atoms with Crippen LogP contribution in [0.4, 0.5) is 0 Å². The van der Waals surface area contributed by atoms with Crippen molar-refractivity contribution in [3.8, 4) is 0 Å². The maximum atomic E-state index is 12.8. The van der Waals surface area contributed by atoms with Gasteiger partial charge in [-0.15, -0.1) is 0 Å². The summed E-state index contributed by atoms with van der Waals surface area (Å²) in [7, 11) is -1.86. The number of hydrogen-bond donors (Lipinski definition) is 0. The molecule has 0 saturated carbocycles. The zero-order valence-electron chi connectivity index (χ0n) is 12.9. The fourth-order valence-corrected chi connectivity index (χ4v) is 4.22. The van der Waals surface area contributed by atoms with Gasteiger partial charge in [0.05, 0.1) is 4.90 Å². The third-order valence-electron chi connectivity index (χ3n) is 3.52. The molecule has 0 fully saturated rings. The van der Waals surface area contributed by atoms with Crippen LogP contribution in [0.2, 0.25) is 0 Å². The number of aryl methyl sites for hydroxylation is 3. The first kappa shape index (κ1) is 15.7. The molecule has 0 bridgehead atoms. The van der Waals surface area contributed by atoms with Crippen LogP contribution in [-0.2, 0) is 16.6 Å². The van der Waals surface area contributed by atoms with Gasteiger partial charge in [0.15, 0.2) is 0 Å². The molecule has 3 nitrogen and oxygen atoms in total. The van der Waals surface area contributed by atoms with E-state index in [1.54, 1.807) is 7.05 Å². The van der Waals surface area contributed by atoms with Gasteiger partial charge in [0.1, 0.15) is 0 Å². The van der Waals surface area contributed by atoms with E-state index in [9.17, 15) is 8.42 Å². The van der Waals surface area contributed by atoms with Crippen LogP contribution in [0, 0.1) is 20.8 Å². The van der Waals surface area contributed by atoms with Crippen molar-refractivity contribution in [1.82, 2.24) is 4.31 Å².